The summed E-state index contributed by atoms with van der Waals surface area (Å²) in [4.78, 5) is 28.0. The molecule has 2 atom stereocenters. The summed E-state index contributed by atoms with van der Waals surface area (Å²) in [6.45, 7) is 1.39. The highest BCUT2D eigenvalue weighted by atomic mass is 19.4. The molecule has 0 aliphatic carbocycles. The Morgan fingerprint density at radius 1 is 1.24 bits per heavy atom. The van der Waals surface area contributed by atoms with Crippen LogP contribution >= 0.6 is 0 Å². The molecular formula is C19H24F3N3O4. The van der Waals surface area contributed by atoms with Gasteiger partial charge in [-0.1, -0.05) is 12.1 Å². The largest absolute Gasteiger partial charge is 0.573 e. The van der Waals surface area contributed by atoms with Crippen LogP contribution in [0, 0.1) is 0 Å². The maximum absolute atomic E-state index is 12.9. The fraction of sp³-hybridized carbons (Fsp3) is 0.579. The summed E-state index contributed by atoms with van der Waals surface area (Å²) in [5.41, 5.74) is 6.30. The van der Waals surface area contributed by atoms with Crippen LogP contribution in [0.5, 0.6) is 5.75 Å². The number of carbonyl (C=O) groups excluding carboxylic acids is 2. The Morgan fingerprint density at radius 3 is 2.72 bits per heavy atom. The number of alkyl halides is 3. The lowest BCUT2D eigenvalue weighted by molar-refractivity contribution is -0.274. The molecule has 7 nitrogen and oxygen atoms in total. The molecule has 1 aromatic carbocycles. The van der Waals surface area contributed by atoms with Crippen LogP contribution in [0.1, 0.15) is 24.3 Å². The summed E-state index contributed by atoms with van der Waals surface area (Å²) in [7, 11) is 0. The molecule has 2 unspecified atom stereocenters. The lowest BCUT2D eigenvalue weighted by Gasteiger charge is -2.31. The molecular weight excluding hydrogens is 391 g/mol. The summed E-state index contributed by atoms with van der Waals surface area (Å²) >= 11 is 0. The third-order valence-corrected chi connectivity index (χ3v) is 5.12. The van der Waals surface area contributed by atoms with E-state index in [0.29, 0.717) is 38.0 Å². The topological polar surface area (TPSA) is 85.1 Å². The number of urea groups is 1. The van der Waals surface area contributed by atoms with Gasteiger partial charge < -0.3 is 25.0 Å². The van der Waals surface area contributed by atoms with Gasteiger partial charge in [0.15, 0.2) is 5.78 Å². The Bertz CT molecular complexity index is 744. The number of rotatable bonds is 3. The summed E-state index contributed by atoms with van der Waals surface area (Å²) < 4.78 is 46.7. The van der Waals surface area contributed by atoms with E-state index in [9.17, 15) is 22.8 Å². The Hall–Kier alpha value is -2.33. The number of ether oxygens (including phenoxy) is 2. The van der Waals surface area contributed by atoms with Crippen LogP contribution in [0.15, 0.2) is 24.3 Å². The Labute approximate surface area is 166 Å². The minimum atomic E-state index is -4.75. The van der Waals surface area contributed by atoms with Gasteiger partial charge in [-0.3, -0.25) is 4.79 Å². The lowest BCUT2D eigenvalue weighted by Crippen LogP contribution is -2.48. The fourth-order valence-electron chi connectivity index (χ4n) is 3.65. The van der Waals surface area contributed by atoms with Crippen molar-refractivity contribution in [3.05, 3.63) is 29.8 Å². The third kappa shape index (κ3) is 5.83. The number of carbonyl (C=O) groups is 2. The normalized spacial score (nSPS) is 23.7. The molecule has 2 aliphatic rings. The maximum Gasteiger partial charge on any atom is 0.573 e. The Morgan fingerprint density at radius 2 is 2.00 bits per heavy atom. The first-order chi connectivity index (χ1) is 13.7. The molecule has 2 N–H and O–H groups in total. The lowest BCUT2D eigenvalue weighted by atomic mass is 9.98. The van der Waals surface area contributed by atoms with Gasteiger partial charge >= 0.3 is 12.4 Å². The number of benzene rings is 1. The first-order valence-corrected chi connectivity index (χ1v) is 9.48. The minimum Gasteiger partial charge on any atom is -0.406 e. The highest BCUT2D eigenvalue weighted by Crippen LogP contribution is 2.31. The van der Waals surface area contributed by atoms with Crippen LogP contribution < -0.4 is 10.5 Å². The second-order valence-electron chi connectivity index (χ2n) is 7.25. The molecule has 10 heteroatoms. The van der Waals surface area contributed by atoms with Crippen LogP contribution in [0.2, 0.25) is 0 Å². The summed E-state index contributed by atoms with van der Waals surface area (Å²) in [6.07, 6.45) is -3.85. The molecule has 0 aromatic heterocycles. The van der Waals surface area contributed by atoms with E-state index >= 15 is 0 Å². The zero-order valence-corrected chi connectivity index (χ0v) is 15.9. The quantitative estimate of drug-likeness (QED) is 0.818. The Kier molecular flexibility index (Phi) is 6.63. The van der Waals surface area contributed by atoms with E-state index in [1.807, 2.05) is 0 Å². The number of halogens is 3. The average Bonchev–Trinajstić information content (AvgIpc) is 3.13. The molecule has 29 heavy (non-hydrogen) atoms. The molecule has 2 aliphatic heterocycles. The second kappa shape index (κ2) is 9.00. The molecule has 0 spiro atoms. The van der Waals surface area contributed by atoms with Gasteiger partial charge in [-0.2, -0.15) is 0 Å². The monoisotopic (exact) mass is 415 g/mol. The van der Waals surface area contributed by atoms with E-state index in [1.54, 1.807) is 11.0 Å². The maximum atomic E-state index is 12.9. The highest BCUT2D eigenvalue weighted by Gasteiger charge is 2.34. The van der Waals surface area contributed by atoms with Crippen molar-refractivity contribution < 1.29 is 32.2 Å². The predicted molar refractivity (Wildman–Crippen MR) is 97.4 cm³/mol. The average molecular weight is 415 g/mol. The predicted octanol–water partition coefficient (Wildman–Crippen LogP) is 2.11. The van der Waals surface area contributed by atoms with Gasteiger partial charge in [0.25, 0.3) is 0 Å². The van der Waals surface area contributed by atoms with Crippen molar-refractivity contribution in [2.75, 3.05) is 39.3 Å². The molecule has 0 radical (unpaired) electrons. The number of Topliss-reactive ketones (excluding diaryl/α,β-unsaturated/α-hetero) is 1. The molecule has 0 saturated carbocycles. The van der Waals surface area contributed by atoms with Crippen molar-refractivity contribution in [3.8, 4) is 5.75 Å². The van der Waals surface area contributed by atoms with Gasteiger partial charge in [0.1, 0.15) is 12.4 Å². The smallest absolute Gasteiger partial charge is 0.406 e. The van der Waals surface area contributed by atoms with Crippen molar-refractivity contribution in [2.45, 2.75) is 31.2 Å². The van der Waals surface area contributed by atoms with Crippen LogP contribution in [0.4, 0.5) is 18.0 Å². The number of likely N-dealkylation sites (tertiary alicyclic amines) is 1. The van der Waals surface area contributed by atoms with Gasteiger partial charge in [-0.25, -0.2) is 4.79 Å². The van der Waals surface area contributed by atoms with E-state index in [-0.39, 0.29) is 49.3 Å². The molecule has 2 amide bonds. The summed E-state index contributed by atoms with van der Waals surface area (Å²) in [5.74, 6) is -0.562. The van der Waals surface area contributed by atoms with E-state index < -0.39 is 6.36 Å². The number of ketones is 1. The van der Waals surface area contributed by atoms with Gasteiger partial charge in [-0.15, -0.1) is 13.2 Å². The second-order valence-corrected chi connectivity index (χ2v) is 7.25. The summed E-state index contributed by atoms with van der Waals surface area (Å²) in [5, 5.41) is 0. The molecule has 2 saturated heterocycles. The summed E-state index contributed by atoms with van der Waals surface area (Å²) in [6, 6.07) is 5.59. The number of hydrogen-bond acceptors (Lipinski definition) is 5. The van der Waals surface area contributed by atoms with Crippen LogP contribution in [-0.2, 0) is 9.53 Å². The zero-order valence-electron chi connectivity index (χ0n) is 15.9. The first-order valence-electron chi connectivity index (χ1n) is 9.48. The van der Waals surface area contributed by atoms with E-state index in [2.05, 4.69) is 4.74 Å². The fourth-order valence-corrected chi connectivity index (χ4v) is 3.65. The SMILES string of the molecule is NCC1CCN(C(=O)N2CCC(c3cccc(OC(F)(F)F)c3)C2)CC(=O)CO1. The van der Waals surface area contributed by atoms with Crippen molar-refractivity contribution >= 4 is 11.8 Å². The minimum absolute atomic E-state index is 0.0216. The van der Waals surface area contributed by atoms with Gasteiger partial charge in [-0.05, 0) is 30.5 Å². The first kappa shape index (κ1) is 21.4. The van der Waals surface area contributed by atoms with E-state index in [1.165, 1.54) is 23.1 Å². The van der Waals surface area contributed by atoms with Gasteiger partial charge in [0.2, 0.25) is 0 Å². The van der Waals surface area contributed by atoms with Crippen molar-refractivity contribution in [1.82, 2.24) is 9.80 Å². The van der Waals surface area contributed by atoms with Gasteiger partial charge in [0.05, 0.1) is 12.6 Å². The zero-order chi connectivity index (χ0) is 21.0. The van der Waals surface area contributed by atoms with Gasteiger partial charge in [0, 0.05) is 32.1 Å². The van der Waals surface area contributed by atoms with Crippen molar-refractivity contribution in [2.24, 2.45) is 5.73 Å². The molecule has 3 rings (SSSR count). The molecule has 160 valence electrons. The molecule has 0 bridgehead atoms. The standard InChI is InChI=1S/C19H24F3N3O4/c20-19(21,22)29-16-3-1-2-13(8-16)14-4-6-24(10-14)18(27)25-7-5-17(9-23)28-12-15(26)11-25/h1-3,8,14,17H,4-7,9-12,23H2. The van der Waals surface area contributed by atoms with E-state index in [0.717, 1.165) is 0 Å². The van der Waals surface area contributed by atoms with Crippen LogP contribution in [0.25, 0.3) is 0 Å². The Balaban J connectivity index is 1.63. The molecule has 1 aromatic rings. The number of hydrogen-bond donors (Lipinski definition) is 1. The van der Waals surface area contributed by atoms with Crippen molar-refractivity contribution in [1.29, 1.82) is 0 Å². The molecule has 2 heterocycles. The van der Waals surface area contributed by atoms with Crippen LogP contribution in [-0.4, -0.2) is 73.4 Å². The number of nitrogens with zero attached hydrogens (tertiary/aromatic N) is 2. The van der Waals surface area contributed by atoms with Crippen LogP contribution in [0.3, 0.4) is 0 Å². The highest BCUT2D eigenvalue weighted by molar-refractivity contribution is 5.86. The molecule has 2 fully saturated rings. The number of nitrogens with two attached hydrogens (primary N) is 1. The third-order valence-electron chi connectivity index (χ3n) is 5.12. The number of amides is 2. The van der Waals surface area contributed by atoms with Crippen molar-refractivity contribution in [3.63, 3.8) is 0 Å². The van der Waals surface area contributed by atoms with E-state index in [4.69, 9.17) is 10.5 Å².